The minimum absolute atomic E-state index is 0.0752. The number of Topliss-reactive ketones (excluding diaryl/α,β-unsaturated/α-hetero) is 1. The van der Waals surface area contributed by atoms with E-state index in [0.717, 1.165) is 0 Å². The average Bonchev–Trinajstić information content (AvgIpc) is 2.07. The molecule has 0 spiro atoms. The van der Waals surface area contributed by atoms with Gasteiger partial charge in [0, 0.05) is 5.57 Å². The molecule has 0 N–H and O–H groups in total. The number of rotatable bonds is 0. The largest absolute Gasteiger partial charge is 0.287 e. The predicted octanol–water partition coefficient (Wildman–Crippen LogP) is 1.26. The van der Waals surface area contributed by atoms with E-state index in [1.807, 2.05) is 12.2 Å². The van der Waals surface area contributed by atoms with Crippen molar-refractivity contribution < 1.29 is 4.79 Å². The van der Waals surface area contributed by atoms with Gasteiger partial charge in [-0.2, -0.15) is 10.2 Å². The van der Waals surface area contributed by atoms with E-state index in [4.69, 9.17) is 0 Å². The molecule has 0 bridgehead atoms. The second kappa shape index (κ2) is 2.79. The zero-order chi connectivity index (χ0) is 8.55. The number of allylic oxidation sites excluding steroid dienone is 4. The normalized spacial score (nSPS) is 26.4. The molecule has 2 rings (SSSR count). The number of nitrogens with zero attached hydrogens (tertiary/aromatic N) is 2. The van der Waals surface area contributed by atoms with Crippen molar-refractivity contribution in [1.82, 2.24) is 0 Å². The second-order valence-electron chi connectivity index (χ2n) is 2.48. The molecule has 0 fully saturated rings. The SMILES string of the molecule is O=C1C=NN=C2C=CC(Br)C=C12. The second-order valence-corrected chi connectivity index (χ2v) is 3.54. The molecule has 1 aliphatic heterocycles. The van der Waals surface area contributed by atoms with E-state index < -0.39 is 0 Å². The number of carbonyl (C=O) groups excluding carboxylic acids is 1. The molecule has 1 unspecified atom stereocenters. The monoisotopic (exact) mass is 224 g/mol. The van der Waals surface area contributed by atoms with Gasteiger partial charge in [0.1, 0.15) is 0 Å². The molecule has 0 amide bonds. The van der Waals surface area contributed by atoms with E-state index in [2.05, 4.69) is 26.1 Å². The van der Waals surface area contributed by atoms with Crippen molar-refractivity contribution in [2.75, 3.05) is 0 Å². The summed E-state index contributed by atoms with van der Waals surface area (Å²) in [6, 6.07) is 0. The Balaban J connectivity index is 2.46. The molecule has 4 heteroatoms. The minimum Gasteiger partial charge on any atom is -0.287 e. The Kier molecular flexibility index (Phi) is 1.77. The van der Waals surface area contributed by atoms with Crippen LogP contribution in [0.1, 0.15) is 0 Å². The van der Waals surface area contributed by atoms with Crippen molar-refractivity contribution in [3.05, 3.63) is 23.8 Å². The summed E-state index contributed by atoms with van der Waals surface area (Å²) < 4.78 is 0. The summed E-state index contributed by atoms with van der Waals surface area (Å²) in [6.45, 7) is 0. The van der Waals surface area contributed by atoms with Crippen LogP contribution in [0.15, 0.2) is 34.0 Å². The quantitative estimate of drug-likeness (QED) is 0.572. The molecule has 1 heterocycles. The van der Waals surface area contributed by atoms with Crippen LogP contribution in [0.4, 0.5) is 0 Å². The van der Waals surface area contributed by atoms with Crippen molar-refractivity contribution in [3.63, 3.8) is 0 Å². The number of fused-ring (bicyclic) bond motifs is 1. The molecular weight excluding hydrogens is 220 g/mol. The third-order valence-electron chi connectivity index (χ3n) is 1.65. The van der Waals surface area contributed by atoms with E-state index in [1.54, 1.807) is 6.08 Å². The Hall–Kier alpha value is -1.03. The van der Waals surface area contributed by atoms with Gasteiger partial charge in [-0.1, -0.05) is 28.1 Å². The highest BCUT2D eigenvalue weighted by Crippen LogP contribution is 2.17. The molecule has 3 nitrogen and oxygen atoms in total. The summed E-state index contributed by atoms with van der Waals surface area (Å²) in [6.07, 6.45) is 6.76. The van der Waals surface area contributed by atoms with Gasteiger partial charge in [0.15, 0.2) is 0 Å². The molecule has 0 saturated heterocycles. The molecule has 1 aliphatic carbocycles. The third-order valence-corrected chi connectivity index (χ3v) is 2.22. The molecule has 2 aliphatic rings. The molecule has 0 radical (unpaired) electrons. The fraction of sp³-hybridized carbons (Fsp3) is 0.125. The molecular formula is C8H5BrN2O. The lowest BCUT2D eigenvalue weighted by atomic mass is 10.00. The molecule has 0 aromatic rings. The highest BCUT2D eigenvalue weighted by atomic mass is 79.9. The van der Waals surface area contributed by atoms with Crippen molar-refractivity contribution in [2.24, 2.45) is 10.2 Å². The van der Waals surface area contributed by atoms with E-state index in [-0.39, 0.29) is 10.6 Å². The maximum Gasteiger partial charge on any atom is 0.207 e. The standard InChI is InChI=1S/C8H5BrN2O/c9-5-1-2-7-6(3-5)8(12)4-10-11-7/h1-5H. The van der Waals surface area contributed by atoms with Crippen LogP contribution in [-0.4, -0.2) is 22.5 Å². The third kappa shape index (κ3) is 1.18. The maximum atomic E-state index is 11.2. The predicted molar refractivity (Wildman–Crippen MR) is 50.9 cm³/mol. The Bertz CT molecular complexity index is 352. The first-order chi connectivity index (χ1) is 5.77. The zero-order valence-electron chi connectivity index (χ0n) is 6.07. The fourth-order valence-corrected chi connectivity index (χ4v) is 1.50. The van der Waals surface area contributed by atoms with Crippen LogP contribution >= 0.6 is 15.9 Å². The molecule has 0 saturated carbocycles. The Morgan fingerprint density at radius 1 is 1.50 bits per heavy atom. The fourth-order valence-electron chi connectivity index (χ4n) is 1.08. The van der Waals surface area contributed by atoms with Crippen LogP contribution in [0.5, 0.6) is 0 Å². The van der Waals surface area contributed by atoms with Gasteiger partial charge in [-0.25, -0.2) is 0 Å². The van der Waals surface area contributed by atoms with Crippen molar-refractivity contribution in [1.29, 1.82) is 0 Å². The highest BCUT2D eigenvalue weighted by molar-refractivity contribution is 9.09. The van der Waals surface area contributed by atoms with Crippen LogP contribution in [-0.2, 0) is 4.79 Å². The van der Waals surface area contributed by atoms with Crippen LogP contribution < -0.4 is 0 Å². The number of alkyl halides is 1. The Morgan fingerprint density at radius 2 is 2.33 bits per heavy atom. The van der Waals surface area contributed by atoms with Crippen molar-refractivity contribution >= 4 is 33.6 Å². The van der Waals surface area contributed by atoms with Crippen molar-refractivity contribution in [3.8, 4) is 0 Å². The molecule has 60 valence electrons. The Labute approximate surface area is 77.7 Å². The highest BCUT2D eigenvalue weighted by Gasteiger charge is 2.19. The van der Waals surface area contributed by atoms with E-state index in [1.165, 1.54) is 6.21 Å². The summed E-state index contributed by atoms with van der Waals surface area (Å²) in [4.78, 5) is 11.3. The molecule has 0 aromatic carbocycles. The number of hydrogen-bond donors (Lipinski definition) is 0. The Morgan fingerprint density at radius 3 is 3.17 bits per heavy atom. The topological polar surface area (TPSA) is 41.8 Å². The average molecular weight is 225 g/mol. The van der Waals surface area contributed by atoms with Gasteiger partial charge in [-0.3, -0.25) is 4.79 Å². The van der Waals surface area contributed by atoms with Gasteiger partial charge in [-0.05, 0) is 6.08 Å². The van der Waals surface area contributed by atoms with E-state index in [9.17, 15) is 4.79 Å². The number of hydrogen-bond acceptors (Lipinski definition) is 3. The summed E-state index contributed by atoms with van der Waals surface area (Å²) in [5.74, 6) is -0.0752. The first-order valence-corrected chi connectivity index (χ1v) is 4.39. The summed E-state index contributed by atoms with van der Waals surface area (Å²) in [7, 11) is 0. The molecule has 12 heavy (non-hydrogen) atoms. The number of carbonyl (C=O) groups is 1. The van der Waals surface area contributed by atoms with Gasteiger partial charge in [0.25, 0.3) is 0 Å². The first kappa shape index (κ1) is 7.61. The minimum atomic E-state index is -0.0752. The smallest absolute Gasteiger partial charge is 0.207 e. The van der Waals surface area contributed by atoms with Gasteiger partial charge in [-0.15, -0.1) is 0 Å². The maximum absolute atomic E-state index is 11.2. The van der Waals surface area contributed by atoms with Crippen LogP contribution in [0.2, 0.25) is 0 Å². The van der Waals surface area contributed by atoms with Gasteiger partial charge in [0.2, 0.25) is 5.78 Å². The lowest BCUT2D eigenvalue weighted by Gasteiger charge is -2.12. The lowest BCUT2D eigenvalue weighted by molar-refractivity contribution is -0.109. The number of ketones is 1. The first-order valence-electron chi connectivity index (χ1n) is 3.47. The summed E-state index contributed by atoms with van der Waals surface area (Å²) in [5.41, 5.74) is 1.28. The summed E-state index contributed by atoms with van der Waals surface area (Å²) >= 11 is 3.36. The van der Waals surface area contributed by atoms with E-state index in [0.29, 0.717) is 11.3 Å². The van der Waals surface area contributed by atoms with Crippen LogP contribution in [0.3, 0.4) is 0 Å². The van der Waals surface area contributed by atoms with Crippen LogP contribution in [0, 0.1) is 0 Å². The lowest BCUT2D eigenvalue weighted by Crippen LogP contribution is -2.19. The molecule has 0 aromatic heterocycles. The van der Waals surface area contributed by atoms with Gasteiger partial charge < -0.3 is 0 Å². The van der Waals surface area contributed by atoms with Gasteiger partial charge >= 0.3 is 0 Å². The summed E-state index contributed by atoms with van der Waals surface area (Å²) in [5, 5.41) is 7.40. The van der Waals surface area contributed by atoms with E-state index >= 15 is 0 Å². The van der Waals surface area contributed by atoms with Gasteiger partial charge in [0.05, 0.1) is 16.8 Å². The number of halogens is 1. The molecule has 1 atom stereocenters. The van der Waals surface area contributed by atoms with Crippen LogP contribution in [0.25, 0.3) is 0 Å². The van der Waals surface area contributed by atoms with Crippen molar-refractivity contribution in [2.45, 2.75) is 4.83 Å². The zero-order valence-corrected chi connectivity index (χ0v) is 7.65.